The quantitative estimate of drug-likeness (QED) is 0.483. The van der Waals surface area contributed by atoms with Gasteiger partial charge in [0.05, 0.1) is 5.41 Å². The van der Waals surface area contributed by atoms with Crippen molar-refractivity contribution in [3.05, 3.63) is 29.8 Å². The number of halogens is 1. The summed E-state index contributed by atoms with van der Waals surface area (Å²) in [7, 11) is 2.10. The lowest BCUT2D eigenvalue weighted by molar-refractivity contribution is -0.397. The third-order valence-electron chi connectivity index (χ3n) is 2.49. The predicted octanol–water partition coefficient (Wildman–Crippen LogP) is -0.674. The minimum atomic E-state index is 0. The average Bonchev–Trinajstić information content (AvgIpc) is 2.25. The molecule has 0 saturated heterocycles. The molecular formula is C11H14ClN. The number of rotatable bonds is 0. The summed E-state index contributed by atoms with van der Waals surface area (Å²) in [5.74, 6) is 0. The van der Waals surface area contributed by atoms with Crippen molar-refractivity contribution in [2.45, 2.75) is 19.3 Å². The molecule has 70 valence electrons. The van der Waals surface area contributed by atoms with Gasteiger partial charge in [-0.25, -0.2) is 4.58 Å². The van der Waals surface area contributed by atoms with Crippen molar-refractivity contribution in [3.8, 4) is 0 Å². The average molecular weight is 196 g/mol. The molecule has 0 fully saturated rings. The van der Waals surface area contributed by atoms with Gasteiger partial charge in [-0.2, -0.15) is 0 Å². The highest BCUT2D eigenvalue weighted by molar-refractivity contribution is 5.76. The van der Waals surface area contributed by atoms with Crippen LogP contribution in [0.25, 0.3) is 0 Å². The highest BCUT2D eigenvalue weighted by atomic mass is 35.5. The van der Waals surface area contributed by atoms with Crippen molar-refractivity contribution >= 4 is 11.9 Å². The van der Waals surface area contributed by atoms with E-state index in [1.807, 2.05) is 0 Å². The number of hydrogen-bond acceptors (Lipinski definition) is 0. The molecule has 0 radical (unpaired) electrons. The Kier molecular flexibility index (Phi) is 2.49. The Morgan fingerprint density at radius 1 is 1.15 bits per heavy atom. The van der Waals surface area contributed by atoms with Gasteiger partial charge in [-0.1, -0.05) is 18.2 Å². The second kappa shape index (κ2) is 3.15. The van der Waals surface area contributed by atoms with Gasteiger partial charge in [-0.05, 0) is 13.8 Å². The van der Waals surface area contributed by atoms with Gasteiger partial charge in [0.2, 0.25) is 5.69 Å². The predicted molar refractivity (Wildman–Crippen MR) is 51.4 cm³/mol. The van der Waals surface area contributed by atoms with E-state index in [1.54, 1.807) is 0 Å². The van der Waals surface area contributed by atoms with E-state index in [0.717, 1.165) is 0 Å². The fourth-order valence-electron chi connectivity index (χ4n) is 1.95. The smallest absolute Gasteiger partial charge is 0.209 e. The molecule has 1 aromatic rings. The van der Waals surface area contributed by atoms with E-state index < -0.39 is 0 Å². The van der Waals surface area contributed by atoms with E-state index in [-0.39, 0.29) is 17.8 Å². The molecule has 0 aromatic heterocycles. The van der Waals surface area contributed by atoms with Gasteiger partial charge in [-0.15, -0.1) is 0 Å². The highest BCUT2D eigenvalue weighted by Gasteiger charge is 2.34. The van der Waals surface area contributed by atoms with Gasteiger partial charge in [0.1, 0.15) is 7.05 Å². The summed E-state index contributed by atoms with van der Waals surface area (Å²) in [4.78, 5) is 0. The summed E-state index contributed by atoms with van der Waals surface area (Å²) in [6, 6.07) is 8.56. The van der Waals surface area contributed by atoms with Crippen LogP contribution < -0.4 is 12.4 Å². The van der Waals surface area contributed by atoms with Gasteiger partial charge in [-0.3, -0.25) is 0 Å². The van der Waals surface area contributed by atoms with E-state index in [0.29, 0.717) is 0 Å². The van der Waals surface area contributed by atoms with Crippen LogP contribution in [0.2, 0.25) is 0 Å². The summed E-state index contributed by atoms with van der Waals surface area (Å²) >= 11 is 0. The van der Waals surface area contributed by atoms with Gasteiger partial charge < -0.3 is 12.4 Å². The molecule has 0 bridgehead atoms. The Labute approximate surface area is 85.5 Å². The van der Waals surface area contributed by atoms with Gasteiger partial charge >= 0.3 is 0 Å². The third-order valence-corrected chi connectivity index (χ3v) is 2.49. The maximum Gasteiger partial charge on any atom is 0.209 e. The first-order valence-electron chi connectivity index (χ1n) is 4.30. The molecule has 0 atom stereocenters. The van der Waals surface area contributed by atoms with Crippen molar-refractivity contribution in [1.82, 2.24) is 0 Å². The summed E-state index contributed by atoms with van der Waals surface area (Å²) < 4.78 is 2.20. The van der Waals surface area contributed by atoms with Crippen LogP contribution in [-0.2, 0) is 5.41 Å². The lowest BCUT2D eigenvalue weighted by Gasteiger charge is -2.09. The van der Waals surface area contributed by atoms with Crippen molar-refractivity contribution in [3.63, 3.8) is 0 Å². The largest absolute Gasteiger partial charge is 1.00 e. The number of para-hydroxylation sites is 1. The Morgan fingerprint density at radius 2 is 1.77 bits per heavy atom. The summed E-state index contributed by atoms with van der Waals surface area (Å²) in [6.07, 6.45) is 2.26. The number of hydrogen-bond donors (Lipinski definition) is 0. The van der Waals surface area contributed by atoms with E-state index in [9.17, 15) is 0 Å². The maximum absolute atomic E-state index is 2.26. The van der Waals surface area contributed by atoms with Crippen LogP contribution in [-0.4, -0.2) is 17.8 Å². The lowest BCUT2D eigenvalue weighted by atomic mass is 9.87. The molecule has 0 N–H and O–H groups in total. The third kappa shape index (κ3) is 1.49. The van der Waals surface area contributed by atoms with Gasteiger partial charge in [0.15, 0.2) is 6.21 Å². The zero-order valence-electron chi connectivity index (χ0n) is 8.21. The van der Waals surface area contributed by atoms with Crippen LogP contribution >= 0.6 is 0 Å². The topological polar surface area (TPSA) is 3.01 Å². The summed E-state index contributed by atoms with van der Waals surface area (Å²) in [6.45, 7) is 4.49. The van der Waals surface area contributed by atoms with Crippen molar-refractivity contribution < 1.29 is 17.0 Å². The second-order valence-corrected chi connectivity index (χ2v) is 3.98. The first-order valence-corrected chi connectivity index (χ1v) is 4.30. The minimum absolute atomic E-state index is 0. The van der Waals surface area contributed by atoms with E-state index >= 15 is 0 Å². The highest BCUT2D eigenvalue weighted by Crippen LogP contribution is 2.34. The van der Waals surface area contributed by atoms with Crippen LogP contribution in [0.1, 0.15) is 19.4 Å². The molecule has 13 heavy (non-hydrogen) atoms. The van der Waals surface area contributed by atoms with Crippen LogP contribution in [0, 0.1) is 0 Å². The lowest BCUT2D eigenvalue weighted by Crippen LogP contribution is -3.00. The molecule has 1 aliphatic heterocycles. The number of benzene rings is 1. The van der Waals surface area contributed by atoms with Crippen LogP contribution in [0.4, 0.5) is 5.69 Å². The summed E-state index contributed by atoms with van der Waals surface area (Å²) in [5.41, 5.74) is 2.96. The number of fused-ring (bicyclic) bond motifs is 1. The van der Waals surface area contributed by atoms with Gasteiger partial charge in [0, 0.05) is 11.6 Å². The molecule has 1 nitrogen and oxygen atoms in total. The van der Waals surface area contributed by atoms with Crippen LogP contribution in [0.3, 0.4) is 0 Å². The molecule has 0 spiro atoms. The first-order chi connectivity index (χ1) is 5.61. The molecular weight excluding hydrogens is 182 g/mol. The van der Waals surface area contributed by atoms with Crippen LogP contribution in [0.15, 0.2) is 24.3 Å². The second-order valence-electron chi connectivity index (χ2n) is 3.98. The molecule has 2 rings (SSSR count). The Balaban J connectivity index is 0.000000845. The fraction of sp³-hybridized carbons (Fsp3) is 0.364. The molecule has 0 saturated carbocycles. The SMILES string of the molecule is C[N+]1=CC(C)(C)c2ccccc21.[Cl-]. The van der Waals surface area contributed by atoms with E-state index in [2.05, 4.69) is 56.0 Å². The van der Waals surface area contributed by atoms with Crippen LogP contribution in [0.5, 0.6) is 0 Å². The molecule has 0 unspecified atom stereocenters. The van der Waals surface area contributed by atoms with Crippen molar-refractivity contribution in [2.75, 3.05) is 7.05 Å². The fourth-order valence-corrected chi connectivity index (χ4v) is 1.95. The molecule has 1 aromatic carbocycles. The molecule has 1 heterocycles. The van der Waals surface area contributed by atoms with Crippen molar-refractivity contribution in [1.29, 1.82) is 0 Å². The summed E-state index contributed by atoms with van der Waals surface area (Å²) in [5, 5.41) is 0. The first kappa shape index (κ1) is 10.3. The zero-order valence-corrected chi connectivity index (χ0v) is 8.97. The monoisotopic (exact) mass is 195 g/mol. The normalized spacial score (nSPS) is 17.3. The van der Waals surface area contributed by atoms with E-state index in [1.165, 1.54) is 11.3 Å². The molecule has 1 aliphatic rings. The Bertz CT molecular complexity index is 353. The molecule has 0 amide bonds. The Morgan fingerprint density at radius 3 is 2.38 bits per heavy atom. The standard InChI is InChI=1S/C11H14N.ClH/c1-11(2)8-12(3)10-7-5-4-6-9(10)11;/h4-8H,1-3H3;1H/q+1;/p-1. The van der Waals surface area contributed by atoms with E-state index in [4.69, 9.17) is 0 Å². The maximum atomic E-state index is 2.26. The zero-order chi connectivity index (χ0) is 8.77. The minimum Gasteiger partial charge on any atom is -1.00 e. The number of nitrogens with zero attached hydrogens (tertiary/aromatic N) is 1. The molecule has 0 aliphatic carbocycles. The van der Waals surface area contributed by atoms with Crippen molar-refractivity contribution in [2.24, 2.45) is 0 Å². The van der Waals surface area contributed by atoms with Gasteiger partial charge in [0.25, 0.3) is 0 Å². The molecule has 2 heteroatoms. The Hall–Kier alpha value is -0.820.